The molecule has 7 nitrogen and oxygen atoms in total. The highest BCUT2D eigenvalue weighted by atomic mass is 32.2. The van der Waals surface area contributed by atoms with Crippen molar-refractivity contribution in [1.29, 1.82) is 0 Å². The first kappa shape index (κ1) is 19.5. The van der Waals surface area contributed by atoms with Crippen molar-refractivity contribution < 1.29 is 27.1 Å². The molecule has 0 fully saturated rings. The maximum atomic E-state index is 13.4. The molecule has 0 aliphatic rings. The van der Waals surface area contributed by atoms with Crippen LogP contribution < -0.4 is 10.0 Å². The second kappa shape index (κ2) is 8.07. The van der Waals surface area contributed by atoms with E-state index in [0.717, 1.165) is 6.07 Å². The standard InChI is InChI=1S/C17H17FN2O5S/c1-11-3-6-13(9-15(11)18)20-16(21)10-25-17(22)12-4-7-14(8-5-12)26(23,24)19-2/h3-9,19H,10H2,1-2H3,(H,20,21). The summed E-state index contributed by atoms with van der Waals surface area (Å²) in [4.78, 5) is 23.7. The number of benzene rings is 2. The summed E-state index contributed by atoms with van der Waals surface area (Å²) in [5.74, 6) is -1.88. The van der Waals surface area contributed by atoms with Gasteiger partial charge < -0.3 is 10.1 Å². The Morgan fingerprint density at radius 2 is 1.77 bits per heavy atom. The molecule has 0 unspecified atom stereocenters. The molecule has 0 aliphatic heterocycles. The van der Waals surface area contributed by atoms with E-state index in [-0.39, 0.29) is 16.1 Å². The monoisotopic (exact) mass is 380 g/mol. The SMILES string of the molecule is CNS(=O)(=O)c1ccc(C(=O)OCC(=O)Nc2ccc(C)c(F)c2)cc1. The van der Waals surface area contributed by atoms with Gasteiger partial charge in [0, 0.05) is 5.69 Å². The number of ether oxygens (including phenoxy) is 1. The lowest BCUT2D eigenvalue weighted by Crippen LogP contribution is -2.21. The number of anilines is 1. The number of hydrogen-bond acceptors (Lipinski definition) is 5. The molecule has 0 radical (unpaired) electrons. The lowest BCUT2D eigenvalue weighted by molar-refractivity contribution is -0.119. The number of amides is 1. The minimum Gasteiger partial charge on any atom is -0.452 e. The zero-order valence-electron chi connectivity index (χ0n) is 14.1. The molecular weight excluding hydrogens is 363 g/mol. The molecule has 138 valence electrons. The minimum atomic E-state index is -3.60. The predicted octanol–water partition coefficient (Wildman–Crippen LogP) is 1.84. The number of hydrogen-bond donors (Lipinski definition) is 2. The predicted molar refractivity (Wildman–Crippen MR) is 92.7 cm³/mol. The van der Waals surface area contributed by atoms with Gasteiger partial charge in [-0.25, -0.2) is 22.3 Å². The van der Waals surface area contributed by atoms with Crippen LogP contribution in [0, 0.1) is 12.7 Å². The van der Waals surface area contributed by atoms with E-state index in [0.29, 0.717) is 5.56 Å². The molecule has 2 N–H and O–H groups in total. The molecule has 1 amide bonds. The highest BCUT2D eigenvalue weighted by Crippen LogP contribution is 2.14. The molecule has 2 aromatic carbocycles. The Balaban J connectivity index is 1.93. The second-order valence-electron chi connectivity index (χ2n) is 5.32. The topological polar surface area (TPSA) is 102 Å². The van der Waals surface area contributed by atoms with E-state index >= 15 is 0 Å². The average Bonchev–Trinajstić information content (AvgIpc) is 2.63. The van der Waals surface area contributed by atoms with Crippen LogP contribution in [0.5, 0.6) is 0 Å². The fourth-order valence-corrected chi connectivity index (χ4v) is 2.70. The molecule has 0 saturated heterocycles. The van der Waals surface area contributed by atoms with E-state index < -0.39 is 34.3 Å². The van der Waals surface area contributed by atoms with Crippen molar-refractivity contribution in [3.05, 3.63) is 59.4 Å². The molecule has 0 aliphatic carbocycles. The number of esters is 1. The lowest BCUT2D eigenvalue weighted by Gasteiger charge is -2.08. The summed E-state index contributed by atoms with van der Waals surface area (Å²) in [6.07, 6.45) is 0. The van der Waals surface area contributed by atoms with Gasteiger partial charge in [0.05, 0.1) is 10.5 Å². The Morgan fingerprint density at radius 1 is 1.12 bits per heavy atom. The van der Waals surface area contributed by atoms with Gasteiger partial charge in [0.15, 0.2) is 6.61 Å². The van der Waals surface area contributed by atoms with Gasteiger partial charge in [-0.1, -0.05) is 6.07 Å². The number of aryl methyl sites for hydroxylation is 1. The fraction of sp³-hybridized carbons (Fsp3) is 0.176. The zero-order chi connectivity index (χ0) is 19.3. The number of halogens is 1. The Bertz CT molecular complexity index is 927. The Morgan fingerprint density at radius 3 is 2.35 bits per heavy atom. The van der Waals surface area contributed by atoms with Gasteiger partial charge in [0.2, 0.25) is 10.0 Å². The molecule has 0 aromatic heterocycles. The van der Waals surface area contributed by atoms with Crippen LogP contribution in [0.4, 0.5) is 10.1 Å². The van der Waals surface area contributed by atoms with E-state index in [2.05, 4.69) is 10.0 Å². The van der Waals surface area contributed by atoms with Crippen LogP contribution in [0.3, 0.4) is 0 Å². The average molecular weight is 380 g/mol. The first-order chi connectivity index (χ1) is 12.2. The van der Waals surface area contributed by atoms with Crippen molar-refractivity contribution in [2.24, 2.45) is 0 Å². The van der Waals surface area contributed by atoms with Crippen molar-refractivity contribution in [3.63, 3.8) is 0 Å². The van der Waals surface area contributed by atoms with Crippen LogP contribution in [-0.2, 0) is 19.6 Å². The van der Waals surface area contributed by atoms with Crippen LogP contribution in [0.15, 0.2) is 47.4 Å². The quantitative estimate of drug-likeness (QED) is 0.745. The number of carbonyl (C=O) groups excluding carboxylic acids is 2. The lowest BCUT2D eigenvalue weighted by atomic mass is 10.2. The van der Waals surface area contributed by atoms with Gasteiger partial charge in [-0.05, 0) is 55.9 Å². The molecule has 9 heteroatoms. The van der Waals surface area contributed by atoms with Gasteiger partial charge >= 0.3 is 5.97 Å². The van der Waals surface area contributed by atoms with E-state index in [4.69, 9.17) is 4.74 Å². The smallest absolute Gasteiger partial charge is 0.338 e. The summed E-state index contributed by atoms with van der Waals surface area (Å²) in [6, 6.07) is 9.25. The third-order valence-electron chi connectivity index (χ3n) is 3.46. The Hall–Kier alpha value is -2.78. The van der Waals surface area contributed by atoms with Crippen molar-refractivity contribution >= 4 is 27.6 Å². The van der Waals surface area contributed by atoms with Crippen molar-refractivity contribution in [1.82, 2.24) is 4.72 Å². The van der Waals surface area contributed by atoms with Gasteiger partial charge in [-0.3, -0.25) is 4.79 Å². The number of sulfonamides is 1. The molecule has 0 bridgehead atoms. The molecule has 0 saturated carbocycles. The first-order valence-corrected chi connectivity index (χ1v) is 8.98. The molecule has 0 spiro atoms. The van der Waals surface area contributed by atoms with E-state index in [1.165, 1.54) is 43.4 Å². The molecule has 2 rings (SSSR count). The molecule has 0 atom stereocenters. The van der Waals surface area contributed by atoms with Crippen LogP contribution in [-0.4, -0.2) is 33.9 Å². The van der Waals surface area contributed by atoms with Crippen LogP contribution in [0.1, 0.15) is 15.9 Å². The van der Waals surface area contributed by atoms with Gasteiger partial charge in [0.25, 0.3) is 5.91 Å². The van der Waals surface area contributed by atoms with Crippen LogP contribution in [0.2, 0.25) is 0 Å². The summed E-state index contributed by atoms with van der Waals surface area (Å²) < 4.78 is 43.7. The van der Waals surface area contributed by atoms with E-state index in [1.54, 1.807) is 6.92 Å². The van der Waals surface area contributed by atoms with Gasteiger partial charge in [-0.15, -0.1) is 0 Å². The second-order valence-corrected chi connectivity index (χ2v) is 7.21. The Labute approximate surface area is 150 Å². The maximum absolute atomic E-state index is 13.4. The first-order valence-electron chi connectivity index (χ1n) is 7.49. The molecular formula is C17H17FN2O5S. The largest absolute Gasteiger partial charge is 0.452 e. The van der Waals surface area contributed by atoms with Gasteiger partial charge in [-0.2, -0.15) is 0 Å². The molecule has 26 heavy (non-hydrogen) atoms. The summed E-state index contributed by atoms with van der Waals surface area (Å²) in [7, 11) is -2.33. The van der Waals surface area contributed by atoms with Crippen LogP contribution in [0.25, 0.3) is 0 Å². The Kier molecular flexibility index (Phi) is 6.06. The van der Waals surface area contributed by atoms with E-state index in [1.807, 2.05) is 0 Å². The zero-order valence-corrected chi connectivity index (χ0v) is 14.9. The van der Waals surface area contributed by atoms with Crippen molar-refractivity contribution in [2.45, 2.75) is 11.8 Å². The summed E-state index contributed by atoms with van der Waals surface area (Å²) in [6.45, 7) is 1.03. The van der Waals surface area contributed by atoms with Crippen molar-refractivity contribution in [3.8, 4) is 0 Å². The number of rotatable bonds is 6. The fourth-order valence-electron chi connectivity index (χ4n) is 1.97. The maximum Gasteiger partial charge on any atom is 0.338 e. The summed E-state index contributed by atoms with van der Waals surface area (Å²) in [5.41, 5.74) is 0.781. The summed E-state index contributed by atoms with van der Waals surface area (Å²) >= 11 is 0. The van der Waals surface area contributed by atoms with Crippen molar-refractivity contribution in [2.75, 3.05) is 19.0 Å². The molecule has 2 aromatic rings. The minimum absolute atomic E-state index is 0.00399. The normalized spacial score (nSPS) is 11.0. The highest BCUT2D eigenvalue weighted by molar-refractivity contribution is 7.89. The van der Waals surface area contributed by atoms with Gasteiger partial charge in [0.1, 0.15) is 5.82 Å². The van der Waals surface area contributed by atoms with Crippen LogP contribution >= 0.6 is 0 Å². The highest BCUT2D eigenvalue weighted by Gasteiger charge is 2.14. The molecule has 0 heterocycles. The third-order valence-corrected chi connectivity index (χ3v) is 4.89. The van der Waals surface area contributed by atoms with E-state index in [9.17, 15) is 22.4 Å². The summed E-state index contributed by atoms with van der Waals surface area (Å²) in [5, 5.41) is 2.41. The number of nitrogens with one attached hydrogen (secondary N) is 2. The number of carbonyl (C=O) groups is 2. The third kappa shape index (κ3) is 4.87.